The quantitative estimate of drug-likeness (QED) is 0.846. The van der Waals surface area contributed by atoms with Gasteiger partial charge in [-0.2, -0.15) is 0 Å². The van der Waals surface area contributed by atoms with Crippen LogP contribution in [0.15, 0.2) is 24.0 Å². The van der Waals surface area contributed by atoms with Gasteiger partial charge >= 0.3 is 0 Å². The van der Waals surface area contributed by atoms with Gasteiger partial charge in [0.1, 0.15) is 0 Å². The van der Waals surface area contributed by atoms with Crippen LogP contribution in [-0.2, 0) is 17.7 Å². The first-order chi connectivity index (χ1) is 10.3. The Kier molecular flexibility index (Phi) is 4.90. The Hall–Kier alpha value is -1.37. The van der Waals surface area contributed by atoms with Gasteiger partial charge in [0.25, 0.3) is 0 Å². The number of morpholine rings is 1. The van der Waals surface area contributed by atoms with Gasteiger partial charge in [0, 0.05) is 43.1 Å². The standard InChI is InChI=1S/C15H20N4OS/c1-12-18-14(11-21-12)9-19-6-7-20-10-15(19)3-2-13-8-16-4-5-17-13/h4-5,8,11,15H,2-3,6-7,9-10H2,1H3/t15-/m0/s1. The zero-order valence-corrected chi connectivity index (χ0v) is 13.1. The maximum absolute atomic E-state index is 5.65. The van der Waals surface area contributed by atoms with E-state index in [0.29, 0.717) is 6.04 Å². The lowest BCUT2D eigenvalue weighted by Gasteiger charge is -2.35. The monoisotopic (exact) mass is 304 g/mol. The van der Waals surface area contributed by atoms with E-state index in [4.69, 9.17) is 4.74 Å². The highest BCUT2D eigenvalue weighted by Gasteiger charge is 2.23. The Morgan fingerprint density at radius 2 is 2.33 bits per heavy atom. The van der Waals surface area contributed by atoms with Gasteiger partial charge in [-0.3, -0.25) is 14.9 Å². The Balaban J connectivity index is 1.59. The van der Waals surface area contributed by atoms with Crippen molar-refractivity contribution < 1.29 is 4.74 Å². The normalized spacial score (nSPS) is 19.8. The molecule has 2 aromatic heterocycles. The van der Waals surface area contributed by atoms with Gasteiger partial charge in [0.2, 0.25) is 0 Å². The van der Waals surface area contributed by atoms with Gasteiger partial charge in [-0.1, -0.05) is 0 Å². The van der Waals surface area contributed by atoms with E-state index in [1.807, 2.05) is 6.20 Å². The van der Waals surface area contributed by atoms with Crippen molar-refractivity contribution in [2.24, 2.45) is 0 Å². The summed E-state index contributed by atoms with van der Waals surface area (Å²) in [5.74, 6) is 0. The van der Waals surface area contributed by atoms with Gasteiger partial charge in [-0.05, 0) is 19.8 Å². The van der Waals surface area contributed by atoms with Crippen LogP contribution in [0.3, 0.4) is 0 Å². The molecular weight excluding hydrogens is 284 g/mol. The van der Waals surface area contributed by atoms with Crippen LogP contribution >= 0.6 is 11.3 Å². The maximum atomic E-state index is 5.65. The van der Waals surface area contributed by atoms with Gasteiger partial charge in [0.15, 0.2) is 0 Å². The highest BCUT2D eigenvalue weighted by Crippen LogP contribution is 2.17. The first-order valence-corrected chi connectivity index (χ1v) is 8.17. The Labute approximate surface area is 129 Å². The average molecular weight is 304 g/mol. The summed E-state index contributed by atoms with van der Waals surface area (Å²) in [6.07, 6.45) is 7.29. The SMILES string of the molecule is Cc1nc(CN2CCOC[C@@H]2CCc2cnccn2)cs1. The van der Waals surface area contributed by atoms with E-state index in [0.717, 1.165) is 49.8 Å². The summed E-state index contributed by atoms with van der Waals surface area (Å²) < 4.78 is 5.65. The van der Waals surface area contributed by atoms with E-state index in [1.54, 1.807) is 23.7 Å². The number of thiazole rings is 1. The van der Waals surface area contributed by atoms with E-state index in [2.05, 4.69) is 32.2 Å². The molecule has 21 heavy (non-hydrogen) atoms. The molecule has 6 heteroatoms. The van der Waals surface area contributed by atoms with Crippen molar-refractivity contribution in [3.05, 3.63) is 40.4 Å². The summed E-state index contributed by atoms with van der Waals surface area (Å²) in [6, 6.07) is 0.433. The highest BCUT2D eigenvalue weighted by molar-refractivity contribution is 7.09. The molecule has 0 N–H and O–H groups in total. The van der Waals surface area contributed by atoms with E-state index in [-0.39, 0.29) is 0 Å². The van der Waals surface area contributed by atoms with Gasteiger partial charge < -0.3 is 4.74 Å². The minimum absolute atomic E-state index is 0.433. The van der Waals surface area contributed by atoms with E-state index >= 15 is 0 Å². The molecular formula is C15H20N4OS. The third-order valence-corrected chi connectivity index (χ3v) is 4.55. The summed E-state index contributed by atoms with van der Waals surface area (Å²) in [4.78, 5) is 15.5. The smallest absolute Gasteiger partial charge is 0.0897 e. The lowest BCUT2D eigenvalue weighted by Crippen LogP contribution is -2.45. The van der Waals surface area contributed by atoms with Crippen molar-refractivity contribution in [2.75, 3.05) is 19.8 Å². The predicted molar refractivity (Wildman–Crippen MR) is 82.2 cm³/mol. The molecule has 0 bridgehead atoms. The second kappa shape index (κ2) is 7.06. The zero-order chi connectivity index (χ0) is 14.5. The summed E-state index contributed by atoms with van der Waals surface area (Å²) in [5.41, 5.74) is 2.22. The average Bonchev–Trinajstić information content (AvgIpc) is 2.93. The van der Waals surface area contributed by atoms with Crippen LogP contribution in [0.25, 0.3) is 0 Å². The summed E-state index contributed by atoms with van der Waals surface area (Å²) >= 11 is 1.72. The van der Waals surface area contributed by atoms with Crippen LogP contribution in [0.4, 0.5) is 0 Å². The van der Waals surface area contributed by atoms with Crippen molar-refractivity contribution >= 4 is 11.3 Å². The van der Waals surface area contributed by atoms with Crippen LogP contribution < -0.4 is 0 Å². The number of hydrogen-bond acceptors (Lipinski definition) is 6. The molecule has 0 radical (unpaired) electrons. The van der Waals surface area contributed by atoms with Crippen LogP contribution in [0.5, 0.6) is 0 Å². The van der Waals surface area contributed by atoms with E-state index in [9.17, 15) is 0 Å². The molecule has 0 aliphatic carbocycles. The third kappa shape index (κ3) is 4.06. The first kappa shape index (κ1) is 14.6. The molecule has 0 amide bonds. The number of aryl methyl sites for hydroxylation is 2. The largest absolute Gasteiger partial charge is 0.378 e. The fourth-order valence-electron chi connectivity index (χ4n) is 2.63. The first-order valence-electron chi connectivity index (χ1n) is 7.29. The molecule has 0 spiro atoms. The molecule has 1 atom stereocenters. The van der Waals surface area contributed by atoms with Gasteiger partial charge in [0.05, 0.1) is 29.6 Å². The summed E-state index contributed by atoms with van der Waals surface area (Å²) in [5, 5.41) is 3.29. The molecule has 1 aliphatic rings. The lowest BCUT2D eigenvalue weighted by atomic mass is 10.1. The second-order valence-corrected chi connectivity index (χ2v) is 6.35. The molecule has 0 unspecified atom stereocenters. The van der Waals surface area contributed by atoms with E-state index in [1.165, 1.54) is 5.69 Å². The van der Waals surface area contributed by atoms with Crippen molar-refractivity contribution in [1.82, 2.24) is 19.9 Å². The number of ether oxygens (including phenoxy) is 1. The third-order valence-electron chi connectivity index (χ3n) is 3.73. The van der Waals surface area contributed by atoms with Crippen molar-refractivity contribution in [2.45, 2.75) is 32.4 Å². The van der Waals surface area contributed by atoms with Crippen molar-refractivity contribution in [3.8, 4) is 0 Å². The van der Waals surface area contributed by atoms with Crippen LogP contribution in [0, 0.1) is 6.92 Å². The molecule has 112 valence electrons. The molecule has 3 heterocycles. The summed E-state index contributed by atoms with van der Waals surface area (Å²) in [7, 11) is 0. The molecule has 0 aromatic carbocycles. The van der Waals surface area contributed by atoms with E-state index < -0.39 is 0 Å². The number of hydrogen-bond donors (Lipinski definition) is 0. The Morgan fingerprint density at radius 1 is 1.38 bits per heavy atom. The number of aromatic nitrogens is 3. The van der Waals surface area contributed by atoms with Crippen LogP contribution in [-0.4, -0.2) is 45.7 Å². The van der Waals surface area contributed by atoms with Crippen molar-refractivity contribution in [1.29, 1.82) is 0 Å². The fraction of sp³-hybridized carbons (Fsp3) is 0.533. The topological polar surface area (TPSA) is 51.1 Å². The Morgan fingerprint density at radius 3 is 3.10 bits per heavy atom. The second-order valence-electron chi connectivity index (χ2n) is 5.29. The lowest BCUT2D eigenvalue weighted by molar-refractivity contribution is -0.0148. The molecule has 1 saturated heterocycles. The predicted octanol–water partition coefficient (Wildman–Crippen LogP) is 2.08. The molecule has 2 aromatic rings. The molecule has 1 aliphatic heterocycles. The van der Waals surface area contributed by atoms with Gasteiger partial charge in [-0.15, -0.1) is 11.3 Å². The summed E-state index contributed by atoms with van der Waals surface area (Å²) in [6.45, 7) is 5.55. The number of rotatable bonds is 5. The molecule has 1 fully saturated rings. The van der Waals surface area contributed by atoms with Crippen LogP contribution in [0.1, 0.15) is 22.8 Å². The van der Waals surface area contributed by atoms with Gasteiger partial charge in [-0.25, -0.2) is 4.98 Å². The molecule has 3 rings (SSSR count). The molecule has 5 nitrogen and oxygen atoms in total. The Bertz CT molecular complexity index is 560. The fourth-order valence-corrected chi connectivity index (χ4v) is 3.23. The minimum Gasteiger partial charge on any atom is -0.378 e. The minimum atomic E-state index is 0.433. The number of nitrogens with zero attached hydrogens (tertiary/aromatic N) is 4. The van der Waals surface area contributed by atoms with Crippen LogP contribution in [0.2, 0.25) is 0 Å². The highest BCUT2D eigenvalue weighted by atomic mass is 32.1. The zero-order valence-electron chi connectivity index (χ0n) is 12.2. The maximum Gasteiger partial charge on any atom is 0.0897 e. The van der Waals surface area contributed by atoms with Crippen molar-refractivity contribution in [3.63, 3.8) is 0 Å². The molecule has 0 saturated carbocycles.